The van der Waals surface area contributed by atoms with Crippen molar-refractivity contribution in [3.8, 4) is 5.88 Å². The number of methoxy groups -OCH3 is 1. The highest BCUT2D eigenvalue weighted by Crippen LogP contribution is 2.16. The van der Waals surface area contributed by atoms with E-state index >= 15 is 0 Å². The number of ether oxygens (including phenoxy) is 1. The van der Waals surface area contributed by atoms with Crippen LogP contribution in [-0.4, -0.2) is 33.0 Å². The molecule has 26 heavy (non-hydrogen) atoms. The van der Waals surface area contributed by atoms with Crippen LogP contribution < -0.4 is 14.8 Å². The number of pyridine rings is 1. The fraction of sp³-hybridized carbons (Fsp3) is 0.333. The Morgan fingerprint density at radius 3 is 2.69 bits per heavy atom. The molecular weight excluding hydrogens is 354 g/mol. The molecule has 0 unspecified atom stereocenters. The van der Waals surface area contributed by atoms with Gasteiger partial charge in [0.1, 0.15) is 0 Å². The fourth-order valence-corrected chi connectivity index (χ4v) is 3.76. The Balaban J connectivity index is 1.86. The maximum absolute atomic E-state index is 12.3. The second kappa shape index (κ2) is 8.77. The highest BCUT2D eigenvalue weighted by atomic mass is 32.2. The zero-order valence-corrected chi connectivity index (χ0v) is 15.9. The number of carbonyl (C=O) groups is 1. The summed E-state index contributed by atoms with van der Waals surface area (Å²) in [5.74, 6) is 0.183. The molecule has 0 aliphatic heterocycles. The quantitative estimate of drug-likeness (QED) is 0.730. The van der Waals surface area contributed by atoms with Crippen LogP contribution in [0.15, 0.2) is 41.4 Å². The molecule has 140 valence electrons. The molecule has 0 saturated heterocycles. The van der Waals surface area contributed by atoms with Gasteiger partial charge in [-0.25, -0.2) is 18.1 Å². The first-order valence-electron chi connectivity index (χ1n) is 8.15. The third kappa shape index (κ3) is 5.27. The maximum Gasteiger partial charge on any atom is 0.240 e. The summed E-state index contributed by atoms with van der Waals surface area (Å²) in [7, 11) is -2.13. The van der Waals surface area contributed by atoms with Crippen molar-refractivity contribution in [2.24, 2.45) is 0 Å². The number of hydrogen-bond donors (Lipinski definition) is 2. The molecule has 0 aliphatic carbocycles. The van der Waals surface area contributed by atoms with Crippen LogP contribution in [0, 0.1) is 13.8 Å². The second-order valence-corrected chi connectivity index (χ2v) is 7.60. The highest BCUT2D eigenvalue weighted by molar-refractivity contribution is 7.89. The number of aromatic nitrogens is 1. The summed E-state index contributed by atoms with van der Waals surface area (Å²) in [5.41, 5.74) is 2.41. The average Bonchev–Trinajstić information content (AvgIpc) is 2.59. The van der Waals surface area contributed by atoms with E-state index in [-0.39, 0.29) is 30.3 Å². The minimum absolute atomic E-state index is 0.0195. The Morgan fingerprint density at radius 1 is 1.23 bits per heavy atom. The van der Waals surface area contributed by atoms with Gasteiger partial charge in [0.2, 0.25) is 21.8 Å². The van der Waals surface area contributed by atoms with E-state index in [0.29, 0.717) is 11.4 Å². The Kier molecular flexibility index (Phi) is 6.70. The zero-order valence-electron chi connectivity index (χ0n) is 15.1. The molecule has 8 heteroatoms. The van der Waals surface area contributed by atoms with E-state index < -0.39 is 10.0 Å². The number of amides is 1. The van der Waals surface area contributed by atoms with Gasteiger partial charge in [-0.1, -0.05) is 23.8 Å². The SMILES string of the molecule is COc1ncccc1CNC(=O)CCNS(=O)(=O)c1ccc(C)cc1C. The number of rotatable bonds is 8. The van der Waals surface area contributed by atoms with Crippen LogP contribution >= 0.6 is 0 Å². The minimum atomic E-state index is -3.64. The van der Waals surface area contributed by atoms with Crippen LogP contribution in [0.25, 0.3) is 0 Å². The lowest BCUT2D eigenvalue weighted by Crippen LogP contribution is -2.31. The van der Waals surface area contributed by atoms with Crippen molar-refractivity contribution in [1.82, 2.24) is 15.0 Å². The van der Waals surface area contributed by atoms with E-state index in [9.17, 15) is 13.2 Å². The molecule has 0 fully saturated rings. The normalized spacial score (nSPS) is 11.2. The number of nitrogens with one attached hydrogen (secondary N) is 2. The highest BCUT2D eigenvalue weighted by Gasteiger charge is 2.16. The molecular formula is C18H23N3O4S. The predicted octanol–water partition coefficient (Wildman–Crippen LogP) is 1.69. The van der Waals surface area contributed by atoms with Crippen molar-refractivity contribution in [1.29, 1.82) is 0 Å². The first-order valence-corrected chi connectivity index (χ1v) is 9.63. The molecule has 7 nitrogen and oxygen atoms in total. The van der Waals surface area contributed by atoms with E-state index in [0.717, 1.165) is 11.1 Å². The monoisotopic (exact) mass is 377 g/mol. The van der Waals surface area contributed by atoms with E-state index in [1.165, 1.54) is 7.11 Å². The molecule has 0 saturated carbocycles. The predicted molar refractivity (Wildman–Crippen MR) is 98.4 cm³/mol. The Hall–Kier alpha value is -2.45. The number of benzene rings is 1. The molecule has 1 amide bonds. The van der Waals surface area contributed by atoms with Crippen molar-refractivity contribution in [3.63, 3.8) is 0 Å². The molecule has 0 atom stereocenters. The van der Waals surface area contributed by atoms with Gasteiger partial charge in [0, 0.05) is 31.3 Å². The van der Waals surface area contributed by atoms with Crippen LogP contribution in [0.4, 0.5) is 0 Å². The molecule has 0 radical (unpaired) electrons. The van der Waals surface area contributed by atoms with Gasteiger partial charge < -0.3 is 10.1 Å². The standard InChI is InChI=1S/C18H23N3O4S/c1-13-6-7-16(14(2)11-13)26(23,24)21-10-8-17(22)20-12-15-5-4-9-19-18(15)25-3/h4-7,9,11,21H,8,10,12H2,1-3H3,(H,20,22). The van der Waals surface area contributed by atoms with Crippen molar-refractivity contribution in [3.05, 3.63) is 53.2 Å². The minimum Gasteiger partial charge on any atom is -0.481 e. The number of nitrogens with zero attached hydrogens (tertiary/aromatic N) is 1. The van der Waals surface area contributed by atoms with Crippen LogP contribution in [0.5, 0.6) is 5.88 Å². The van der Waals surface area contributed by atoms with Crippen molar-refractivity contribution < 1.29 is 17.9 Å². The van der Waals surface area contributed by atoms with Crippen molar-refractivity contribution in [2.45, 2.75) is 31.7 Å². The lowest BCUT2D eigenvalue weighted by molar-refractivity contribution is -0.121. The third-order valence-corrected chi connectivity index (χ3v) is 5.40. The lowest BCUT2D eigenvalue weighted by atomic mass is 10.2. The molecule has 1 aromatic carbocycles. The number of sulfonamides is 1. The molecule has 2 N–H and O–H groups in total. The van der Waals surface area contributed by atoms with Crippen LogP contribution in [-0.2, 0) is 21.4 Å². The fourth-order valence-electron chi connectivity index (χ4n) is 2.50. The first kappa shape index (κ1) is 19.9. The first-order chi connectivity index (χ1) is 12.3. The summed E-state index contributed by atoms with van der Waals surface area (Å²) in [4.78, 5) is 16.2. The zero-order chi connectivity index (χ0) is 19.2. The summed E-state index contributed by atoms with van der Waals surface area (Å²) in [6, 6.07) is 8.68. The van der Waals surface area contributed by atoms with Gasteiger partial charge in [0.25, 0.3) is 0 Å². The van der Waals surface area contributed by atoms with Gasteiger partial charge in [-0.05, 0) is 31.5 Å². The van der Waals surface area contributed by atoms with E-state index in [2.05, 4.69) is 15.0 Å². The molecule has 0 aliphatic rings. The number of hydrogen-bond acceptors (Lipinski definition) is 5. The van der Waals surface area contributed by atoms with Gasteiger partial charge >= 0.3 is 0 Å². The lowest BCUT2D eigenvalue weighted by Gasteiger charge is -2.11. The summed E-state index contributed by atoms with van der Waals surface area (Å²) in [6.45, 7) is 3.93. The molecule has 1 aromatic heterocycles. The molecule has 1 heterocycles. The smallest absolute Gasteiger partial charge is 0.240 e. The maximum atomic E-state index is 12.3. The summed E-state index contributed by atoms with van der Waals surface area (Å²) in [6.07, 6.45) is 1.64. The van der Waals surface area contributed by atoms with Crippen LogP contribution in [0.3, 0.4) is 0 Å². The number of aryl methyl sites for hydroxylation is 2. The van der Waals surface area contributed by atoms with Gasteiger partial charge in [-0.15, -0.1) is 0 Å². The van der Waals surface area contributed by atoms with Gasteiger partial charge in [-0.2, -0.15) is 0 Å². The van der Waals surface area contributed by atoms with E-state index in [4.69, 9.17) is 4.74 Å². The average molecular weight is 377 g/mol. The molecule has 0 spiro atoms. The summed E-state index contributed by atoms with van der Waals surface area (Å²) in [5, 5.41) is 2.72. The summed E-state index contributed by atoms with van der Waals surface area (Å²) >= 11 is 0. The Labute approximate surface area is 153 Å². The van der Waals surface area contributed by atoms with Gasteiger partial charge in [0.15, 0.2) is 0 Å². The van der Waals surface area contributed by atoms with Gasteiger partial charge in [-0.3, -0.25) is 4.79 Å². The topological polar surface area (TPSA) is 97.4 Å². The Morgan fingerprint density at radius 2 is 2.00 bits per heavy atom. The summed E-state index contributed by atoms with van der Waals surface area (Å²) < 4.78 is 32.3. The van der Waals surface area contributed by atoms with Crippen molar-refractivity contribution in [2.75, 3.05) is 13.7 Å². The van der Waals surface area contributed by atoms with E-state index in [1.807, 2.05) is 13.0 Å². The third-order valence-electron chi connectivity index (χ3n) is 3.78. The number of carbonyl (C=O) groups excluding carboxylic acids is 1. The van der Waals surface area contributed by atoms with Gasteiger partial charge in [0.05, 0.1) is 12.0 Å². The Bertz CT molecular complexity index is 882. The molecule has 2 rings (SSSR count). The molecule has 0 bridgehead atoms. The largest absolute Gasteiger partial charge is 0.481 e. The van der Waals surface area contributed by atoms with Crippen LogP contribution in [0.1, 0.15) is 23.1 Å². The van der Waals surface area contributed by atoms with Crippen LogP contribution in [0.2, 0.25) is 0 Å². The second-order valence-electron chi connectivity index (χ2n) is 5.87. The van der Waals surface area contributed by atoms with Crippen molar-refractivity contribution >= 4 is 15.9 Å². The van der Waals surface area contributed by atoms with E-state index in [1.54, 1.807) is 37.4 Å². The molecule has 2 aromatic rings.